The maximum Gasteiger partial charge on any atom is 0.418 e. The van der Waals surface area contributed by atoms with E-state index in [1.54, 1.807) is 29.2 Å². The third kappa shape index (κ3) is 3.95. The van der Waals surface area contributed by atoms with E-state index < -0.39 is 17.6 Å². The van der Waals surface area contributed by atoms with Gasteiger partial charge >= 0.3 is 6.18 Å². The molecule has 3 aromatic rings. The van der Waals surface area contributed by atoms with Crippen molar-refractivity contribution in [1.82, 2.24) is 15.0 Å². The third-order valence-electron chi connectivity index (χ3n) is 5.68. The normalized spacial score (nSPS) is 15.9. The van der Waals surface area contributed by atoms with Crippen molar-refractivity contribution in [3.8, 4) is 5.69 Å². The molecule has 2 N–H and O–H groups in total. The highest BCUT2D eigenvalue weighted by atomic mass is 19.4. The van der Waals surface area contributed by atoms with Gasteiger partial charge in [-0.3, -0.25) is 9.79 Å². The Labute approximate surface area is 186 Å². The second-order valence-electron chi connectivity index (χ2n) is 7.85. The minimum Gasteiger partial charge on any atom is -0.390 e. The van der Waals surface area contributed by atoms with Crippen LogP contribution in [0.2, 0.25) is 0 Å². The van der Waals surface area contributed by atoms with Crippen LogP contribution in [0.4, 0.5) is 30.2 Å². The minimum atomic E-state index is -4.56. The van der Waals surface area contributed by atoms with Gasteiger partial charge in [-0.1, -0.05) is 17.3 Å². The van der Waals surface area contributed by atoms with Gasteiger partial charge in [-0.2, -0.15) is 13.2 Å². The van der Waals surface area contributed by atoms with Crippen LogP contribution in [-0.4, -0.2) is 44.8 Å². The zero-order chi connectivity index (χ0) is 23.2. The highest BCUT2D eigenvalue weighted by Gasteiger charge is 2.37. The number of aromatic nitrogens is 3. The van der Waals surface area contributed by atoms with Crippen molar-refractivity contribution in [2.45, 2.75) is 25.6 Å². The van der Waals surface area contributed by atoms with E-state index in [9.17, 15) is 23.1 Å². The predicted molar refractivity (Wildman–Crippen MR) is 115 cm³/mol. The lowest BCUT2D eigenvalue weighted by Crippen LogP contribution is -2.38. The smallest absolute Gasteiger partial charge is 0.390 e. The van der Waals surface area contributed by atoms with Gasteiger partial charge in [-0.15, -0.1) is 5.10 Å². The summed E-state index contributed by atoms with van der Waals surface area (Å²) in [4.78, 5) is 18.8. The molecule has 8 nitrogen and oxygen atoms in total. The van der Waals surface area contributed by atoms with Crippen LogP contribution < -0.4 is 10.2 Å². The summed E-state index contributed by atoms with van der Waals surface area (Å²) in [5, 5.41) is 19.8. The maximum absolute atomic E-state index is 13.7. The summed E-state index contributed by atoms with van der Waals surface area (Å²) < 4.78 is 42.6. The average Bonchev–Trinajstić information content (AvgIpc) is 3.15. The Morgan fingerprint density at radius 2 is 1.97 bits per heavy atom. The molecular formula is C22H19F3N6O2. The molecule has 2 aliphatic heterocycles. The second kappa shape index (κ2) is 8.00. The number of aliphatic hydroxyl groups is 1. The molecule has 0 bridgehead atoms. The number of carbonyl (C=O) groups excluding carboxylic acids is 1. The van der Waals surface area contributed by atoms with Gasteiger partial charge < -0.3 is 15.3 Å². The SMILES string of the molecule is O=C1CC(c2cccc(-n3nncc3CO)c2)=Nc2cc(N3CCC3)c(C(F)(F)F)cc2N1. The number of aliphatic imine (C=N–C) groups is 1. The molecule has 2 aromatic carbocycles. The highest BCUT2D eigenvalue weighted by Crippen LogP contribution is 2.44. The number of hydrogen-bond acceptors (Lipinski definition) is 6. The number of aliphatic hydroxyl groups excluding tert-OH is 1. The van der Waals surface area contributed by atoms with Crippen LogP contribution in [0.25, 0.3) is 5.69 Å². The number of nitrogens with zero attached hydrogens (tertiary/aromatic N) is 5. The molecule has 33 heavy (non-hydrogen) atoms. The Bertz CT molecular complexity index is 1260. The van der Waals surface area contributed by atoms with Crippen molar-refractivity contribution in [3.63, 3.8) is 0 Å². The molecule has 0 radical (unpaired) electrons. The van der Waals surface area contributed by atoms with Crippen LogP contribution in [0.15, 0.2) is 47.6 Å². The van der Waals surface area contributed by atoms with E-state index in [0.717, 1.165) is 12.5 Å². The molecule has 0 unspecified atom stereocenters. The molecule has 2 aliphatic rings. The summed E-state index contributed by atoms with van der Waals surface area (Å²) in [7, 11) is 0. The van der Waals surface area contributed by atoms with Crippen molar-refractivity contribution in [2.24, 2.45) is 4.99 Å². The molecule has 170 valence electrons. The monoisotopic (exact) mass is 456 g/mol. The Kier molecular flexibility index (Phi) is 5.12. The molecule has 0 aliphatic carbocycles. The van der Waals surface area contributed by atoms with Gasteiger partial charge in [0.25, 0.3) is 0 Å². The van der Waals surface area contributed by atoms with E-state index in [2.05, 4.69) is 20.6 Å². The zero-order valence-corrected chi connectivity index (χ0v) is 17.3. The quantitative estimate of drug-likeness (QED) is 0.627. The van der Waals surface area contributed by atoms with E-state index >= 15 is 0 Å². The number of alkyl halides is 3. The zero-order valence-electron chi connectivity index (χ0n) is 17.3. The second-order valence-corrected chi connectivity index (χ2v) is 7.85. The molecule has 1 amide bonds. The van der Waals surface area contributed by atoms with Gasteiger partial charge in [0.05, 0.1) is 58.9 Å². The summed E-state index contributed by atoms with van der Waals surface area (Å²) >= 11 is 0. The lowest BCUT2D eigenvalue weighted by molar-refractivity contribution is -0.137. The van der Waals surface area contributed by atoms with Crippen molar-refractivity contribution < 1.29 is 23.1 Å². The fraction of sp³-hybridized carbons (Fsp3) is 0.273. The fourth-order valence-corrected chi connectivity index (χ4v) is 3.91. The van der Waals surface area contributed by atoms with Crippen molar-refractivity contribution in [1.29, 1.82) is 0 Å². The number of hydrogen-bond donors (Lipinski definition) is 2. The number of carbonyl (C=O) groups is 1. The van der Waals surface area contributed by atoms with Crippen LogP contribution in [0, 0.1) is 0 Å². The van der Waals surface area contributed by atoms with Crippen molar-refractivity contribution >= 4 is 28.7 Å². The first kappa shape index (κ1) is 21.1. The molecule has 5 rings (SSSR count). The number of fused-ring (bicyclic) bond motifs is 1. The number of rotatable bonds is 4. The molecule has 0 saturated carbocycles. The number of anilines is 2. The Morgan fingerprint density at radius 1 is 1.15 bits per heavy atom. The van der Waals surface area contributed by atoms with Crippen LogP contribution in [0.3, 0.4) is 0 Å². The Balaban J connectivity index is 1.61. The topological polar surface area (TPSA) is 95.6 Å². The third-order valence-corrected chi connectivity index (χ3v) is 5.68. The minimum absolute atomic E-state index is 0.0293. The standard InChI is InChI=1S/C22H19F3N6O2/c23-22(24,25)16-8-18-19(9-20(16)30-5-2-6-30)27-17(10-21(33)28-18)13-3-1-4-14(7-13)31-15(12-32)11-26-29-31/h1,3-4,7-9,11,32H,2,5-6,10,12H2,(H,28,33). The molecule has 0 spiro atoms. The van der Waals surface area contributed by atoms with Gasteiger partial charge in [-0.25, -0.2) is 4.68 Å². The lowest BCUT2D eigenvalue weighted by Gasteiger charge is -2.35. The van der Waals surface area contributed by atoms with E-state index in [1.165, 1.54) is 16.9 Å². The van der Waals surface area contributed by atoms with Crippen LogP contribution in [-0.2, 0) is 17.6 Å². The predicted octanol–water partition coefficient (Wildman–Crippen LogP) is 3.45. The number of nitrogens with one attached hydrogen (secondary N) is 1. The van der Waals surface area contributed by atoms with Gasteiger partial charge in [0.15, 0.2) is 0 Å². The van der Waals surface area contributed by atoms with E-state index in [4.69, 9.17) is 0 Å². The summed E-state index contributed by atoms with van der Waals surface area (Å²) in [6, 6.07) is 9.38. The lowest BCUT2D eigenvalue weighted by atomic mass is 10.0. The molecule has 1 fully saturated rings. The number of benzene rings is 2. The summed E-state index contributed by atoms with van der Waals surface area (Å²) in [5.41, 5.74) is 1.69. The largest absolute Gasteiger partial charge is 0.418 e. The van der Waals surface area contributed by atoms with Gasteiger partial charge in [0.1, 0.15) is 0 Å². The molecule has 1 aromatic heterocycles. The van der Waals surface area contributed by atoms with Crippen molar-refractivity contribution in [2.75, 3.05) is 23.3 Å². The first-order valence-electron chi connectivity index (χ1n) is 10.3. The van der Waals surface area contributed by atoms with Gasteiger partial charge in [0, 0.05) is 13.1 Å². The summed E-state index contributed by atoms with van der Waals surface area (Å²) in [5.74, 6) is -0.459. The molecular weight excluding hydrogens is 437 g/mol. The highest BCUT2D eigenvalue weighted by molar-refractivity contribution is 6.17. The Morgan fingerprint density at radius 3 is 2.67 bits per heavy atom. The van der Waals surface area contributed by atoms with E-state index in [-0.39, 0.29) is 30.1 Å². The average molecular weight is 456 g/mol. The number of halogens is 3. The molecule has 3 heterocycles. The van der Waals surface area contributed by atoms with E-state index in [0.29, 0.717) is 35.7 Å². The molecule has 1 saturated heterocycles. The maximum atomic E-state index is 13.7. The first-order valence-corrected chi connectivity index (χ1v) is 10.3. The summed E-state index contributed by atoms with van der Waals surface area (Å²) in [6.45, 7) is 0.824. The van der Waals surface area contributed by atoms with Gasteiger partial charge in [-0.05, 0) is 36.2 Å². The van der Waals surface area contributed by atoms with Crippen LogP contribution in [0.5, 0.6) is 0 Å². The number of amides is 1. The summed E-state index contributed by atoms with van der Waals surface area (Å²) in [6.07, 6.45) is -2.40. The molecule has 0 atom stereocenters. The Hall–Kier alpha value is -3.73. The molecule has 11 heteroatoms. The van der Waals surface area contributed by atoms with Crippen LogP contribution in [0.1, 0.15) is 29.7 Å². The van der Waals surface area contributed by atoms with Gasteiger partial charge in [0.2, 0.25) is 5.91 Å². The first-order chi connectivity index (χ1) is 15.8. The van der Waals surface area contributed by atoms with E-state index in [1.807, 2.05) is 0 Å². The van der Waals surface area contributed by atoms with Crippen molar-refractivity contribution in [3.05, 3.63) is 59.4 Å². The van der Waals surface area contributed by atoms with Crippen LogP contribution >= 0.6 is 0 Å². The fourth-order valence-electron chi connectivity index (χ4n) is 3.91.